The van der Waals surface area contributed by atoms with Gasteiger partial charge in [-0.1, -0.05) is 12.1 Å². The topological polar surface area (TPSA) is 95.3 Å². The van der Waals surface area contributed by atoms with Gasteiger partial charge in [-0.2, -0.15) is 0 Å². The van der Waals surface area contributed by atoms with Crippen LogP contribution in [0, 0.1) is 6.92 Å². The van der Waals surface area contributed by atoms with E-state index < -0.39 is 0 Å². The molecule has 0 saturated heterocycles. The second-order valence-electron chi connectivity index (χ2n) is 7.93. The summed E-state index contributed by atoms with van der Waals surface area (Å²) in [6, 6.07) is 19.6. The minimum atomic E-state index is -0.296. The number of ether oxygens (including phenoxy) is 2. The maximum atomic E-state index is 13.0. The first kappa shape index (κ1) is 23.3. The Morgan fingerprint density at radius 3 is 2.44 bits per heavy atom. The van der Waals surface area contributed by atoms with Crippen LogP contribution in [-0.4, -0.2) is 34.7 Å². The van der Waals surface area contributed by atoms with Gasteiger partial charge in [0.2, 0.25) is 0 Å². The van der Waals surface area contributed by atoms with E-state index in [0.29, 0.717) is 50.3 Å². The Bertz CT molecular complexity index is 1640. The Morgan fingerprint density at radius 2 is 1.69 bits per heavy atom. The molecule has 0 aliphatic carbocycles. The number of nitrogens with one attached hydrogen (secondary N) is 1. The van der Waals surface area contributed by atoms with E-state index >= 15 is 0 Å². The molecule has 3 aromatic carbocycles. The van der Waals surface area contributed by atoms with Gasteiger partial charge in [-0.05, 0) is 61.5 Å². The van der Waals surface area contributed by atoms with Crippen LogP contribution in [0.25, 0.3) is 27.8 Å². The molecule has 0 aliphatic rings. The van der Waals surface area contributed by atoms with E-state index in [1.807, 2.05) is 41.8 Å². The van der Waals surface area contributed by atoms with Crippen molar-refractivity contribution in [1.82, 2.24) is 14.5 Å². The number of para-hydroxylation sites is 1. The summed E-state index contributed by atoms with van der Waals surface area (Å²) in [5, 5.41) is 5.71. The summed E-state index contributed by atoms with van der Waals surface area (Å²) in [5.41, 5.74) is 3.14. The third-order valence-corrected chi connectivity index (χ3v) is 6.49. The average Bonchev–Trinajstić information content (AvgIpc) is 3.37. The van der Waals surface area contributed by atoms with E-state index in [9.17, 15) is 9.59 Å². The molecule has 0 aliphatic heterocycles. The molecule has 36 heavy (non-hydrogen) atoms. The van der Waals surface area contributed by atoms with Crippen LogP contribution >= 0.6 is 11.3 Å². The third-order valence-electron chi connectivity index (χ3n) is 5.74. The number of hydrogen-bond acceptors (Lipinski definition) is 7. The van der Waals surface area contributed by atoms with Gasteiger partial charge in [-0.15, -0.1) is 11.3 Å². The number of rotatable bonds is 6. The molecule has 8 nitrogen and oxygen atoms in total. The number of aryl methyl sites for hydroxylation is 1. The zero-order chi connectivity index (χ0) is 25.2. The number of anilines is 1. The molecule has 0 fully saturated rings. The van der Waals surface area contributed by atoms with Gasteiger partial charge >= 0.3 is 0 Å². The fourth-order valence-electron chi connectivity index (χ4n) is 3.94. The van der Waals surface area contributed by atoms with E-state index in [2.05, 4.69) is 15.3 Å². The lowest BCUT2D eigenvalue weighted by Gasteiger charge is -2.11. The smallest absolute Gasteiger partial charge is 0.265 e. The van der Waals surface area contributed by atoms with Gasteiger partial charge in [0.1, 0.15) is 5.82 Å². The van der Waals surface area contributed by atoms with Gasteiger partial charge < -0.3 is 9.47 Å². The summed E-state index contributed by atoms with van der Waals surface area (Å²) in [6.45, 7) is 1.78. The normalized spacial score (nSPS) is 10.9. The number of fused-ring (bicyclic) bond motifs is 1. The molecular weight excluding hydrogens is 476 g/mol. The number of methoxy groups -OCH3 is 2. The van der Waals surface area contributed by atoms with Crippen molar-refractivity contribution in [2.24, 2.45) is 0 Å². The fraction of sp³-hybridized carbons (Fsp3) is 0.111. The zero-order valence-corrected chi connectivity index (χ0v) is 20.6. The number of benzene rings is 3. The van der Waals surface area contributed by atoms with E-state index in [1.165, 1.54) is 11.3 Å². The Hall–Kier alpha value is -4.50. The molecule has 0 radical (unpaired) electrons. The summed E-state index contributed by atoms with van der Waals surface area (Å²) in [7, 11) is 3.16. The average molecular weight is 499 g/mol. The van der Waals surface area contributed by atoms with Crippen molar-refractivity contribution in [3.05, 3.63) is 93.9 Å². The second-order valence-corrected chi connectivity index (χ2v) is 8.78. The standard InChI is InChI=1S/C27H22N4O4S/c1-16-28-21-7-5-4-6-20(21)26(33)31(16)19-11-8-17(9-12-19)25(32)30-27-29-22(15-36-27)18-10-13-23(34-2)24(14-18)35-3/h4-15H,1-3H3,(H,29,30,32). The summed E-state index contributed by atoms with van der Waals surface area (Å²) >= 11 is 1.33. The highest BCUT2D eigenvalue weighted by molar-refractivity contribution is 7.14. The highest BCUT2D eigenvalue weighted by Crippen LogP contribution is 2.33. The van der Waals surface area contributed by atoms with Crippen LogP contribution in [0.2, 0.25) is 0 Å². The molecular formula is C27H22N4O4S. The first-order chi connectivity index (χ1) is 17.5. The predicted molar refractivity (Wildman–Crippen MR) is 141 cm³/mol. The number of nitrogens with zero attached hydrogens (tertiary/aromatic N) is 3. The summed E-state index contributed by atoms with van der Waals surface area (Å²) < 4.78 is 12.2. The number of aromatic nitrogens is 3. The minimum absolute atomic E-state index is 0.152. The first-order valence-corrected chi connectivity index (χ1v) is 11.9. The third kappa shape index (κ3) is 4.32. The van der Waals surface area contributed by atoms with Crippen LogP contribution in [0.5, 0.6) is 11.5 Å². The Kier molecular flexibility index (Phi) is 6.22. The van der Waals surface area contributed by atoms with Crippen molar-refractivity contribution < 1.29 is 14.3 Å². The second kappa shape index (κ2) is 9.63. The highest BCUT2D eigenvalue weighted by atomic mass is 32.1. The summed E-state index contributed by atoms with van der Waals surface area (Å²) in [6.07, 6.45) is 0. The van der Waals surface area contributed by atoms with Crippen LogP contribution in [0.15, 0.2) is 76.9 Å². The van der Waals surface area contributed by atoms with Crippen LogP contribution in [0.1, 0.15) is 16.2 Å². The molecule has 2 aromatic heterocycles. The van der Waals surface area contributed by atoms with Gasteiger partial charge in [-0.25, -0.2) is 9.97 Å². The minimum Gasteiger partial charge on any atom is -0.493 e. The van der Waals surface area contributed by atoms with Gasteiger partial charge in [0.25, 0.3) is 11.5 Å². The van der Waals surface area contributed by atoms with Crippen molar-refractivity contribution in [1.29, 1.82) is 0 Å². The quantitative estimate of drug-likeness (QED) is 0.351. The van der Waals surface area contributed by atoms with Gasteiger partial charge in [0.05, 0.1) is 36.5 Å². The zero-order valence-electron chi connectivity index (χ0n) is 19.8. The highest BCUT2D eigenvalue weighted by Gasteiger charge is 2.14. The maximum Gasteiger partial charge on any atom is 0.265 e. The molecule has 0 atom stereocenters. The Balaban J connectivity index is 1.35. The van der Waals surface area contributed by atoms with Gasteiger partial charge in [-0.3, -0.25) is 19.5 Å². The SMILES string of the molecule is COc1ccc(-c2csc(NC(=O)c3ccc(-n4c(C)nc5ccccc5c4=O)cc3)n2)cc1OC. The number of thiazole rings is 1. The molecule has 2 heterocycles. The van der Waals surface area contributed by atoms with Crippen molar-refractivity contribution in [3.8, 4) is 28.4 Å². The van der Waals surface area contributed by atoms with Gasteiger partial charge in [0, 0.05) is 16.5 Å². The van der Waals surface area contributed by atoms with E-state index in [0.717, 1.165) is 5.56 Å². The molecule has 0 spiro atoms. The predicted octanol–water partition coefficient (Wildman–Crippen LogP) is 5.09. The number of amides is 1. The number of hydrogen-bond donors (Lipinski definition) is 1. The monoisotopic (exact) mass is 498 g/mol. The molecule has 0 saturated carbocycles. The first-order valence-electron chi connectivity index (χ1n) is 11.1. The summed E-state index contributed by atoms with van der Waals surface area (Å²) in [5.74, 6) is 1.51. The maximum absolute atomic E-state index is 13.0. The lowest BCUT2D eigenvalue weighted by molar-refractivity contribution is 0.102. The number of carbonyl (C=O) groups is 1. The van der Waals surface area contributed by atoms with Crippen molar-refractivity contribution >= 4 is 33.3 Å². The lowest BCUT2D eigenvalue weighted by atomic mass is 10.1. The van der Waals surface area contributed by atoms with E-state index in [4.69, 9.17) is 9.47 Å². The largest absolute Gasteiger partial charge is 0.493 e. The van der Waals surface area contributed by atoms with Crippen LogP contribution < -0.4 is 20.3 Å². The molecule has 0 bridgehead atoms. The Morgan fingerprint density at radius 1 is 0.944 bits per heavy atom. The van der Waals surface area contributed by atoms with Gasteiger partial charge in [0.15, 0.2) is 16.6 Å². The van der Waals surface area contributed by atoms with Crippen LogP contribution in [0.4, 0.5) is 5.13 Å². The molecule has 5 aromatic rings. The molecule has 1 amide bonds. The molecule has 0 unspecified atom stereocenters. The molecule has 5 rings (SSSR count). The van der Waals surface area contributed by atoms with E-state index in [1.54, 1.807) is 56.0 Å². The molecule has 9 heteroatoms. The van der Waals surface area contributed by atoms with Crippen molar-refractivity contribution in [2.45, 2.75) is 6.92 Å². The lowest BCUT2D eigenvalue weighted by Crippen LogP contribution is -2.22. The van der Waals surface area contributed by atoms with Crippen LogP contribution in [-0.2, 0) is 0 Å². The number of carbonyl (C=O) groups excluding carboxylic acids is 1. The van der Waals surface area contributed by atoms with E-state index in [-0.39, 0.29) is 11.5 Å². The van der Waals surface area contributed by atoms with Crippen molar-refractivity contribution in [2.75, 3.05) is 19.5 Å². The summed E-state index contributed by atoms with van der Waals surface area (Å²) in [4.78, 5) is 34.9. The van der Waals surface area contributed by atoms with Crippen molar-refractivity contribution in [3.63, 3.8) is 0 Å². The molecule has 180 valence electrons. The fourth-order valence-corrected chi connectivity index (χ4v) is 4.65. The van der Waals surface area contributed by atoms with Crippen LogP contribution in [0.3, 0.4) is 0 Å². The Labute approximate surface area is 210 Å². The molecule has 1 N–H and O–H groups in total.